The minimum atomic E-state index is -4.17. The lowest BCUT2D eigenvalue weighted by Crippen LogP contribution is -2.53. The van der Waals surface area contributed by atoms with Crippen LogP contribution in [0.5, 0.6) is 5.75 Å². The Morgan fingerprint density at radius 1 is 0.976 bits per heavy atom. The fraction of sp³-hybridized carbons (Fsp3) is 0.355. The second kappa shape index (κ2) is 14.4. The van der Waals surface area contributed by atoms with Crippen molar-refractivity contribution in [2.24, 2.45) is 0 Å². The van der Waals surface area contributed by atoms with Crippen molar-refractivity contribution >= 4 is 39.1 Å². The molecule has 0 fully saturated rings. The van der Waals surface area contributed by atoms with Crippen LogP contribution in [0.3, 0.4) is 0 Å². The fourth-order valence-corrected chi connectivity index (χ4v) is 6.02. The molecule has 0 saturated carbocycles. The Bertz CT molecular complexity index is 1450. The largest absolute Gasteiger partial charge is 0.497 e. The zero-order valence-corrected chi connectivity index (χ0v) is 25.7. The van der Waals surface area contributed by atoms with E-state index in [0.717, 1.165) is 16.3 Å². The number of anilines is 1. The van der Waals surface area contributed by atoms with Crippen LogP contribution in [0.4, 0.5) is 5.69 Å². The van der Waals surface area contributed by atoms with Crippen LogP contribution in [0.2, 0.25) is 5.02 Å². The van der Waals surface area contributed by atoms with E-state index in [1.165, 1.54) is 29.2 Å². The molecule has 0 spiro atoms. The van der Waals surface area contributed by atoms with E-state index < -0.39 is 28.5 Å². The SMILES string of the molecule is CC[C@@H](C)NC(=O)[C@H](CC)N(Cc1cccc(OC)c1)C(=O)CN(c1ccccc1C)S(=O)(=O)c1ccc(Cl)cc1. The highest BCUT2D eigenvalue weighted by molar-refractivity contribution is 7.92. The molecule has 1 N–H and O–H groups in total. The minimum absolute atomic E-state index is 0.00106. The maximum Gasteiger partial charge on any atom is 0.264 e. The summed E-state index contributed by atoms with van der Waals surface area (Å²) in [5, 5.41) is 3.37. The highest BCUT2D eigenvalue weighted by atomic mass is 35.5. The molecule has 0 aromatic heterocycles. The van der Waals surface area contributed by atoms with Crippen molar-refractivity contribution in [3.05, 3.63) is 88.9 Å². The van der Waals surface area contributed by atoms with Gasteiger partial charge in [0, 0.05) is 17.6 Å². The first-order valence-electron chi connectivity index (χ1n) is 13.6. The molecule has 0 aliphatic rings. The van der Waals surface area contributed by atoms with Gasteiger partial charge in [-0.15, -0.1) is 0 Å². The van der Waals surface area contributed by atoms with Gasteiger partial charge in [-0.3, -0.25) is 13.9 Å². The summed E-state index contributed by atoms with van der Waals surface area (Å²) < 4.78 is 34.4. The summed E-state index contributed by atoms with van der Waals surface area (Å²) in [4.78, 5) is 29.0. The van der Waals surface area contributed by atoms with Crippen LogP contribution < -0.4 is 14.4 Å². The van der Waals surface area contributed by atoms with E-state index in [0.29, 0.717) is 28.4 Å². The second-order valence-corrected chi connectivity index (χ2v) is 12.2. The Hall–Kier alpha value is -3.56. The molecule has 0 heterocycles. The third-order valence-corrected chi connectivity index (χ3v) is 8.96. The molecular weight excluding hydrogens is 562 g/mol. The van der Waals surface area contributed by atoms with Gasteiger partial charge in [-0.1, -0.05) is 55.8 Å². The van der Waals surface area contributed by atoms with Crippen LogP contribution >= 0.6 is 11.6 Å². The first-order valence-corrected chi connectivity index (χ1v) is 15.4. The number of methoxy groups -OCH3 is 1. The van der Waals surface area contributed by atoms with Crippen molar-refractivity contribution in [2.75, 3.05) is 18.0 Å². The van der Waals surface area contributed by atoms with Gasteiger partial charge in [-0.25, -0.2) is 8.42 Å². The van der Waals surface area contributed by atoms with Gasteiger partial charge in [0.2, 0.25) is 11.8 Å². The first kappa shape index (κ1) is 32.0. The van der Waals surface area contributed by atoms with E-state index in [1.807, 2.05) is 32.9 Å². The molecule has 10 heteroatoms. The molecule has 220 valence electrons. The van der Waals surface area contributed by atoms with Crippen LogP contribution in [0.15, 0.2) is 77.7 Å². The van der Waals surface area contributed by atoms with Crippen molar-refractivity contribution in [3.63, 3.8) is 0 Å². The number of nitrogens with one attached hydrogen (secondary N) is 1. The molecule has 3 aromatic carbocycles. The van der Waals surface area contributed by atoms with Gasteiger partial charge in [0.05, 0.1) is 17.7 Å². The summed E-state index contributed by atoms with van der Waals surface area (Å²) in [5.41, 5.74) is 1.79. The number of ether oxygens (including phenoxy) is 1. The summed E-state index contributed by atoms with van der Waals surface area (Å²) in [5.74, 6) is -0.195. The number of sulfonamides is 1. The van der Waals surface area contributed by atoms with Crippen molar-refractivity contribution < 1.29 is 22.7 Å². The zero-order chi connectivity index (χ0) is 30.2. The van der Waals surface area contributed by atoms with Crippen molar-refractivity contribution in [2.45, 2.75) is 64.1 Å². The number of aryl methyl sites for hydroxylation is 1. The number of amides is 2. The van der Waals surface area contributed by atoms with Gasteiger partial charge in [-0.05, 0) is 80.3 Å². The number of hydrogen-bond acceptors (Lipinski definition) is 5. The lowest BCUT2D eigenvalue weighted by molar-refractivity contribution is -0.140. The number of carbonyl (C=O) groups is 2. The molecule has 41 heavy (non-hydrogen) atoms. The minimum Gasteiger partial charge on any atom is -0.497 e. The van der Waals surface area contributed by atoms with E-state index in [9.17, 15) is 18.0 Å². The monoisotopic (exact) mass is 599 g/mol. The molecule has 3 rings (SSSR count). The Labute approximate surface area is 248 Å². The third kappa shape index (κ3) is 8.01. The highest BCUT2D eigenvalue weighted by Crippen LogP contribution is 2.28. The van der Waals surface area contributed by atoms with E-state index in [1.54, 1.807) is 50.4 Å². The summed E-state index contributed by atoms with van der Waals surface area (Å²) in [6.07, 6.45) is 1.07. The van der Waals surface area contributed by atoms with E-state index >= 15 is 0 Å². The average molecular weight is 600 g/mol. The first-order chi connectivity index (χ1) is 19.5. The number of nitrogens with zero attached hydrogens (tertiary/aromatic N) is 2. The maximum absolute atomic E-state index is 14.2. The molecule has 0 saturated heterocycles. The molecule has 0 bridgehead atoms. The number of halogens is 1. The Balaban J connectivity index is 2.08. The van der Waals surface area contributed by atoms with Gasteiger partial charge < -0.3 is 15.0 Å². The zero-order valence-electron chi connectivity index (χ0n) is 24.1. The van der Waals surface area contributed by atoms with E-state index in [2.05, 4.69) is 5.32 Å². The molecular formula is C31H38ClN3O5S. The Morgan fingerprint density at radius 2 is 1.66 bits per heavy atom. The molecule has 3 aromatic rings. The van der Waals surface area contributed by atoms with E-state index in [-0.39, 0.29) is 23.4 Å². The summed E-state index contributed by atoms with van der Waals surface area (Å²) in [6.45, 7) is 7.06. The van der Waals surface area contributed by atoms with Crippen molar-refractivity contribution in [3.8, 4) is 5.75 Å². The van der Waals surface area contributed by atoms with Crippen LogP contribution in [-0.2, 0) is 26.2 Å². The van der Waals surface area contributed by atoms with Crippen LogP contribution in [0.1, 0.15) is 44.7 Å². The van der Waals surface area contributed by atoms with Crippen LogP contribution in [-0.4, -0.2) is 50.9 Å². The fourth-order valence-electron chi connectivity index (χ4n) is 4.42. The number of rotatable bonds is 13. The van der Waals surface area contributed by atoms with Crippen molar-refractivity contribution in [1.29, 1.82) is 0 Å². The van der Waals surface area contributed by atoms with Crippen LogP contribution in [0, 0.1) is 6.92 Å². The van der Waals surface area contributed by atoms with Gasteiger partial charge in [0.25, 0.3) is 10.0 Å². The molecule has 2 amide bonds. The predicted molar refractivity (Wildman–Crippen MR) is 163 cm³/mol. The third-order valence-electron chi connectivity index (χ3n) is 6.94. The predicted octanol–water partition coefficient (Wildman–Crippen LogP) is 5.57. The van der Waals surface area contributed by atoms with Crippen LogP contribution in [0.25, 0.3) is 0 Å². The lowest BCUT2D eigenvalue weighted by Gasteiger charge is -2.34. The number of carbonyl (C=O) groups excluding carboxylic acids is 2. The Kier molecular flexibility index (Phi) is 11.2. The number of benzene rings is 3. The summed E-state index contributed by atoms with van der Waals surface area (Å²) in [6, 6.07) is 19.1. The molecule has 0 radical (unpaired) electrons. The molecule has 0 aliphatic carbocycles. The van der Waals surface area contributed by atoms with Gasteiger partial charge in [0.1, 0.15) is 18.3 Å². The standard InChI is InChI=1S/C31H38ClN3O5S/c1-6-23(4)33-31(37)28(7-2)34(20-24-12-10-13-26(19-24)40-5)30(36)21-35(29-14-9-8-11-22(29)3)41(38,39)27-17-15-25(32)16-18-27/h8-19,23,28H,6-7,20-21H2,1-5H3,(H,33,37)/t23-,28+/m1/s1. The van der Waals surface area contributed by atoms with Gasteiger partial charge in [-0.2, -0.15) is 0 Å². The Morgan fingerprint density at radius 3 is 2.27 bits per heavy atom. The molecule has 0 aliphatic heterocycles. The smallest absolute Gasteiger partial charge is 0.264 e. The molecule has 2 atom stereocenters. The number of hydrogen-bond donors (Lipinski definition) is 1. The summed E-state index contributed by atoms with van der Waals surface area (Å²) in [7, 11) is -2.62. The highest BCUT2D eigenvalue weighted by Gasteiger charge is 2.34. The van der Waals surface area contributed by atoms with E-state index in [4.69, 9.17) is 16.3 Å². The lowest BCUT2D eigenvalue weighted by atomic mass is 10.1. The molecule has 0 unspecified atom stereocenters. The number of para-hydroxylation sites is 1. The average Bonchev–Trinajstić information content (AvgIpc) is 2.96. The summed E-state index contributed by atoms with van der Waals surface area (Å²) >= 11 is 6.02. The van der Waals surface area contributed by atoms with Crippen molar-refractivity contribution in [1.82, 2.24) is 10.2 Å². The second-order valence-electron chi connectivity index (χ2n) is 9.87. The maximum atomic E-state index is 14.2. The topological polar surface area (TPSA) is 96.0 Å². The van der Waals surface area contributed by atoms with Gasteiger partial charge in [0.15, 0.2) is 0 Å². The quantitative estimate of drug-likeness (QED) is 0.277. The normalized spacial score (nSPS) is 12.7. The van der Waals surface area contributed by atoms with Gasteiger partial charge >= 0.3 is 0 Å². The molecule has 8 nitrogen and oxygen atoms in total.